The van der Waals surface area contributed by atoms with Gasteiger partial charge in [0.05, 0.1) is 5.56 Å². The second-order valence-corrected chi connectivity index (χ2v) is 6.81. The van der Waals surface area contributed by atoms with Gasteiger partial charge >= 0.3 is 0 Å². The number of para-hydroxylation sites is 1. The Bertz CT molecular complexity index is 682. The van der Waals surface area contributed by atoms with Gasteiger partial charge in [0.15, 0.2) is 5.78 Å². The summed E-state index contributed by atoms with van der Waals surface area (Å²) < 4.78 is 5.88. The fraction of sp³-hybridized carbons (Fsp3) is 0.526. The molecular weight excluding hydrogens is 260 g/mol. The summed E-state index contributed by atoms with van der Waals surface area (Å²) in [4.78, 5) is 12.9. The number of carbonyl (C=O) groups excluding carboxylic acids is 1. The van der Waals surface area contributed by atoms with Gasteiger partial charge < -0.3 is 4.42 Å². The van der Waals surface area contributed by atoms with Gasteiger partial charge in [0, 0.05) is 18.2 Å². The molecule has 2 aliphatic carbocycles. The number of benzene rings is 1. The number of carbonyl (C=O) groups is 1. The van der Waals surface area contributed by atoms with Crippen molar-refractivity contribution >= 4 is 16.8 Å². The lowest BCUT2D eigenvalue weighted by Crippen LogP contribution is -2.15. The van der Waals surface area contributed by atoms with Gasteiger partial charge in [0.2, 0.25) is 0 Å². The molecule has 3 atom stereocenters. The molecule has 1 aromatic heterocycles. The molecule has 4 rings (SSSR count). The first-order valence-electron chi connectivity index (χ1n) is 8.30. The van der Waals surface area contributed by atoms with Crippen LogP contribution in [0.15, 0.2) is 28.7 Å². The van der Waals surface area contributed by atoms with Gasteiger partial charge in [-0.05, 0) is 43.1 Å². The highest BCUT2D eigenvalue weighted by Crippen LogP contribution is 2.50. The fourth-order valence-electron chi connectivity index (χ4n) is 4.62. The third kappa shape index (κ3) is 2.12. The van der Waals surface area contributed by atoms with Gasteiger partial charge in [-0.15, -0.1) is 0 Å². The molecule has 2 fully saturated rings. The number of ketones is 1. The van der Waals surface area contributed by atoms with Crippen molar-refractivity contribution in [3.8, 4) is 0 Å². The third-order valence-corrected chi connectivity index (χ3v) is 5.60. The molecular formula is C19H22O2. The zero-order chi connectivity index (χ0) is 14.4. The zero-order valence-electron chi connectivity index (χ0n) is 12.6. The number of hydrogen-bond donors (Lipinski definition) is 0. The SMILES string of the molecule is CCc1oc2ccccc2c1C(=O)CC1CC2CCC1C2. The van der Waals surface area contributed by atoms with E-state index in [0.717, 1.165) is 47.0 Å². The van der Waals surface area contributed by atoms with E-state index in [4.69, 9.17) is 4.42 Å². The molecule has 2 aromatic rings. The van der Waals surface area contributed by atoms with Crippen LogP contribution >= 0.6 is 0 Å². The van der Waals surface area contributed by atoms with Crippen LogP contribution in [0.3, 0.4) is 0 Å². The van der Waals surface area contributed by atoms with Crippen LogP contribution in [0, 0.1) is 17.8 Å². The second kappa shape index (κ2) is 5.01. The molecule has 1 heterocycles. The Kier molecular flexibility index (Phi) is 3.13. The average Bonchev–Trinajstić information content (AvgIpc) is 3.19. The van der Waals surface area contributed by atoms with Crippen LogP contribution in [0.25, 0.3) is 11.0 Å². The fourth-order valence-corrected chi connectivity index (χ4v) is 4.62. The minimum Gasteiger partial charge on any atom is -0.460 e. The second-order valence-electron chi connectivity index (χ2n) is 6.81. The Morgan fingerprint density at radius 3 is 2.81 bits per heavy atom. The van der Waals surface area contributed by atoms with Crippen molar-refractivity contribution in [2.45, 2.75) is 45.4 Å². The smallest absolute Gasteiger partial charge is 0.167 e. The number of Topliss-reactive ketones (excluding diaryl/α,β-unsaturated/α-hetero) is 1. The lowest BCUT2D eigenvalue weighted by molar-refractivity contribution is 0.0944. The Balaban J connectivity index is 1.64. The minimum absolute atomic E-state index is 0.300. The summed E-state index contributed by atoms with van der Waals surface area (Å²) in [5.74, 6) is 3.50. The van der Waals surface area contributed by atoms with E-state index in [-0.39, 0.29) is 0 Å². The molecule has 1 aromatic carbocycles. The number of aryl methyl sites for hydroxylation is 1. The van der Waals surface area contributed by atoms with E-state index >= 15 is 0 Å². The summed E-state index contributed by atoms with van der Waals surface area (Å²) in [5.41, 5.74) is 1.71. The van der Waals surface area contributed by atoms with Gasteiger partial charge in [-0.1, -0.05) is 31.5 Å². The number of fused-ring (bicyclic) bond motifs is 3. The van der Waals surface area contributed by atoms with Crippen molar-refractivity contribution in [3.05, 3.63) is 35.6 Å². The van der Waals surface area contributed by atoms with E-state index < -0.39 is 0 Å². The molecule has 0 amide bonds. The molecule has 0 spiro atoms. The van der Waals surface area contributed by atoms with Gasteiger partial charge in [0.25, 0.3) is 0 Å². The first-order chi connectivity index (χ1) is 10.3. The molecule has 0 N–H and O–H groups in total. The molecule has 2 heteroatoms. The summed E-state index contributed by atoms with van der Waals surface area (Å²) in [7, 11) is 0. The highest BCUT2D eigenvalue weighted by molar-refractivity contribution is 6.08. The van der Waals surface area contributed by atoms with E-state index in [0.29, 0.717) is 11.7 Å². The van der Waals surface area contributed by atoms with Crippen LogP contribution in [0.5, 0.6) is 0 Å². The molecule has 2 bridgehead atoms. The molecule has 110 valence electrons. The summed E-state index contributed by atoms with van der Waals surface area (Å²) in [6.45, 7) is 2.06. The Morgan fingerprint density at radius 1 is 1.24 bits per heavy atom. The van der Waals surface area contributed by atoms with Crippen LogP contribution in [0.2, 0.25) is 0 Å². The predicted octanol–water partition coefficient (Wildman–Crippen LogP) is 5.00. The minimum atomic E-state index is 0.300. The first kappa shape index (κ1) is 13.1. The van der Waals surface area contributed by atoms with Crippen LogP contribution in [-0.2, 0) is 6.42 Å². The van der Waals surface area contributed by atoms with Crippen molar-refractivity contribution in [2.24, 2.45) is 17.8 Å². The summed E-state index contributed by atoms with van der Waals surface area (Å²) >= 11 is 0. The zero-order valence-corrected chi connectivity index (χ0v) is 12.6. The Labute approximate surface area is 125 Å². The van der Waals surface area contributed by atoms with Crippen LogP contribution in [0.1, 0.15) is 55.1 Å². The number of hydrogen-bond acceptors (Lipinski definition) is 2. The largest absolute Gasteiger partial charge is 0.460 e. The maximum atomic E-state index is 12.9. The summed E-state index contributed by atoms with van der Waals surface area (Å²) in [6, 6.07) is 7.94. The molecule has 0 aliphatic heterocycles. The number of rotatable bonds is 4. The van der Waals surface area contributed by atoms with Gasteiger partial charge in [0.1, 0.15) is 11.3 Å². The highest BCUT2D eigenvalue weighted by Gasteiger charge is 2.40. The number of furan rings is 1. The van der Waals surface area contributed by atoms with Crippen molar-refractivity contribution in [2.75, 3.05) is 0 Å². The maximum absolute atomic E-state index is 12.9. The standard InChI is InChI=1S/C19H22O2/c1-2-17-19(15-5-3-4-6-18(15)21-17)16(20)11-14-10-12-7-8-13(14)9-12/h3-6,12-14H,2,7-11H2,1H3. The van der Waals surface area contributed by atoms with E-state index in [1.54, 1.807) is 0 Å². The van der Waals surface area contributed by atoms with Crippen LogP contribution in [-0.4, -0.2) is 5.78 Å². The maximum Gasteiger partial charge on any atom is 0.167 e. The van der Waals surface area contributed by atoms with Crippen molar-refractivity contribution in [1.82, 2.24) is 0 Å². The topological polar surface area (TPSA) is 30.2 Å². The van der Waals surface area contributed by atoms with E-state index in [1.807, 2.05) is 24.3 Å². The molecule has 21 heavy (non-hydrogen) atoms. The molecule has 0 radical (unpaired) electrons. The van der Waals surface area contributed by atoms with Crippen molar-refractivity contribution in [3.63, 3.8) is 0 Å². The van der Waals surface area contributed by atoms with Crippen molar-refractivity contribution < 1.29 is 9.21 Å². The summed E-state index contributed by atoms with van der Waals surface area (Å²) in [5, 5.41) is 1.00. The normalized spacial score (nSPS) is 27.6. The van der Waals surface area contributed by atoms with Gasteiger partial charge in [-0.3, -0.25) is 4.79 Å². The lowest BCUT2D eigenvalue weighted by atomic mass is 9.84. The molecule has 3 unspecified atom stereocenters. The van der Waals surface area contributed by atoms with E-state index in [2.05, 4.69) is 6.92 Å². The molecule has 0 saturated heterocycles. The molecule has 2 aliphatic rings. The third-order valence-electron chi connectivity index (χ3n) is 5.60. The Hall–Kier alpha value is -1.57. The van der Waals surface area contributed by atoms with Gasteiger partial charge in [-0.2, -0.15) is 0 Å². The van der Waals surface area contributed by atoms with Crippen molar-refractivity contribution in [1.29, 1.82) is 0 Å². The summed E-state index contributed by atoms with van der Waals surface area (Å²) in [6.07, 6.45) is 6.88. The van der Waals surface area contributed by atoms with Gasteiger partial charge in [-0.25, -0.2) is 0 Å². The monoisotopic (exact) mass is 282 g/mol. The highest BCUT2D eigenvalue weighted by atomic mass is 16.3. The quantitative estimate of drug-likeness (QED) is 0.738. The van der Waals surface area contributed by atoms with Crippen LogP contribution in [0.4, 0.5) is 0 Å². The Morgan fingerprint density at radius 2 is 2.10 bits per heavy atom. The molecule has 2 saturated carbocycles. The van der Waals surface area contributed by atoms with E-state index in [9.17, 15) is 4.79 Å². The van der Waals surface area contributed by atoms with Crippen LogP contribution < -0.4 is 0 Å². The lowest BCUT2D eigenvalue weighted by Gasteiger charge is -2.20. The first-order valence-corrected chi connectivity index (χ1v) is 8.30. The molecule has 2 nitrogen and oxygen atoms in total. The predicted molar refractivity (Wildman–Crippen MR) is 83.5 cm³/mol. The average molecular weight is 282 g/mol. The van der Waals surface area contributed by atoms with E-state index in [1.165, 1.54) is 25.7 Å².